The Kier molecular flexibility index (Phi) is 4.32. The van der Waals surface area contributed by atoms with Crippen LogP contribution in [-0.4, -0.2) is 24.0 Å². The van der Waals surface area contributed by atoms with E-state index in [1.54, 1.807) is 0 Å². The third-order valence-electron chi connectivity index (χ3n) is 2.04. The second-order valence-electron chi connectivity index (χ2n) is 4.79. The molecule has 0 bridgehead atoms. The highest BCUT2D eigenvalue weighted by atomic mass is 79.9. The number of likely N-dealkylation sites (N-methyl/N-ethyl adjacent to an activating group) is 1. The van der Waals surface area contributed by atoms with E-state index in [1.165, 1.54) is 5.56 Å². The summed E-state index contributed by atoms with van der Waals surface area (Å²) in [6.07, 6.45) is 0. The van der Waals surface area contributed by atoms with Crippen molar-refractivity contribution in [3.8, 4) is 0 Å². The van der Waals surface area contributed by atoms with Crippen molar-refractivity contribution in [2.24, 2.45) is 5.73 Å². The smallest absolute Gasteiger partial charge is 0.0231 e. The molecule has 0 fully saturated rings. The van der Waals surface area contributed by atoms with Gasteiger partial charge in [0.25, 0.3) is 0 Å². The fourth-order valence-corrected chi connectivity index (χ4v) is 1.92. The van der Waals surface area contributed by atoms with Gasteiger partial charge < -0.3 is 10.6 Å². The largest absolute Gasteiger partial charge is 0.324 e. The van der Waals surface area contributed by atoms with Crippen molar-refractivity contribution < 1.29 is 0 Å². The van der Waals surface area contributed by atoms with Crippen molar-refractivity contribution in [1.29, 1.82) is 0 Å². The fourth-order valence-electron chi connectivity index (χ4n) is 1.65. The van der Waals surface area contributed by atoms with E-state index in [-0.39, 0.29) is 5.54 Å². The molecule has 1 aromatic rings. The van der Waals surface area contributed by atoms with Crippen molar-refractivity contribution in [3.05, 3.63) is 34.3 Å². The lowest BCUT2D eigenvalue weighted by atomic mass is 10.1. The van der Waals surface area contributed by atoms with Gasteiger partial charge in [0.1, 0.15) is 0 Å². The maximum Gasteiger partial charge on any atom is 0.0231 e. The summed E-state index contributed by atoms with van der Waals surface area (Å²) in [5.74, 6) is 0. The average molecular weight is 271 g/mol. The number of hydrogen-bond acceptors (Lipinski definition) is 2. The van der Waals surface area contributed by atoms with Gasteiger partial charge in [0, 0.05) is 23.1 Å². The molecule has 0 saturated heterocycles. The van der Waals surface area contributed by atoms with Gasteiger partial charge in [-0.25, -0.2) is 0 Å². The predicted molar refractivity (Wildman–Crippen MR) is 68.7 cm³/mol. The summed E-state index contributed by atoms with van der Waals surface area (Å²) in [6.45, 7) is 5.92. The van der Waals surface area contributed by atoms with Crippen LogP contribution in [0.2, 0.25) is 0 Å². The van der Waals surface area contributed by atoms with Crippen LogP contribution in [0.3, 0.4) is 0 Å². The number of halogens is 1. The Labute approximate surface area is 101 Å². The summed E-state index contributed by atoms with van der Waals surface area (Å²) in [6, 6.07) is 8.39. The minimum atomic E-state index is -0.135. The summed E-state index contributed by atoms with van der Waals surface area (Å²) in [5, 5.41) is 0. The molecule has 0 saturated carbocycles. The van der Waals surface area contributed by atoms with Gasteiger partial charge in [-0.15, -0.1) is 0 Å². The number of benzene rings is 1. The Morgan fingerprint density at radius 1 is 1.27 bits per heavy atom. The molecule has 0 spiro atoms. The summed E-state index contributed by atoms with van der Waals surface area (Å²) in [5.41, 5.74) is 7.14. The lowest BCUT2D eigenvalue weighted by molar-refractivity contribution is 0.263. The molecule has 0 radical (unpaired) electrons. The van der Waals surface area contributed by atoms with Crippen molar-refractivity contribution in [2.75, 3.05) is 13.6 Å². The Bertz CT molecular complexity index is 300. The zero-order valence-electron chi connectivity index (χ0n) is 9.63. The third-order valence-corrected chi connectivity index (χ3v) is 2.57. The lowest BCUT2D eigenvalue weighted by Gasteiger charge is -2.26. The van der Waals surface area contributed by atoms with Crippen LogP contribution in [0.25, 0.3) is 0 Å². The van der Waals surface area contributed by atoms with Gasteiger partial charge in [-0.2, -0.15) is 0 Å². The summed E-state index contributed by atoms with van der Waals surface area (Å²) >= 11 is 3.43. The van der Waals surface area contributed by atoms with Crippen LogP contribution >= 0.6 is 15.9 Å². The highest BCUT2D eigenvalue weighted by molar-refractivity contribution is 9.10. The van der Waals surface area contributed by atoms with E-state index in [0.29, 0.717) is 0 Å². The van der Waals surface area contributed by atoms with Crippen LogP contribution in [0, 0.1) is 0 Å². The number of rotatable bonds is 4. The van der Waals surface area contributed by atoms with Gasteiger partial charge in [-0.05, 0) is 38.6 Å². The molecule has 0 aliphatic heterocycles. The van der Waals surface area contributed by atoms with E-state index < -0.39 is 0 Å². The van der Waals surface area contributed by atoms with Gasteiger partial charge in [0.05, 0.1) is 0 Å². The molecule has 0 atom stereocenters. The van der Waals surface area contributed by atoms with Crippen molar-refractivity contribution in [2.45, 2.75) is 25.9 Å². The molecule has 0 aliphatic rings. The Hall–Kier alpha value is -0.380. The SMILES string of the molecule is CN(Cc1ccc(Br)cc1)CC(C)(C)N. The third kappa shape index (κ3) is 5.30. The van der Waals surface area contributed by atoms with E-state index in [2.05, 4.69) is 52.1 Å². The minimum Gasteiger partial charge on any atom is -0.324 e. The van der Waals surface area contributed by atoms with E-state index in [9.17, 15) is 0 Å². The summed E-state index contributed by atoms with van der Waals surface area (Å²) in [4.78, 5) is 2.24. The molecule has 3 heteroatoms. The van der Waals surface area contributed by atoms with Crippen molar-refractivity contribution >= 4 is 15.9 Å². The molecular weight excluding hydrogens is 252 g/mol. The summed E-state index contributed by atoms with van der Waals surface area (Å²) in [7, 11) is 2.09. The second kappa shape index (κ2) is 5.10. The molecular formula is C12H19BrN2. The number of hydrogen-bond donors (Lipinski definition) is 1. The van der Waals surface area contributed by atoms with Gasteiger partial charge in [-0.1, -0.05) is 28.1 Å². The van der Waals surface area contributed by atoms with Gasteiger partial charge in [0.2, 0.25) is 0 Å². The normalized spacial score (nSPS) is 12.1. The van der Waals surface area contributed by atoms with E-state index in [1.807, 2.05) is 13.8 Å². The van der Waals surface area contributed by atoms with Gasteiger partial charge in [-0.3, -0.25) is 0 Å². The molecule has 2 N–H and O–H groups in total. The molecule has 15 heavy (non-hydrogen) atoms. The van der Waals surface area contributed by atoms with Crippen LogP contribution in [0.5, 0.6) is 0 Å². The molecule has 0 aliphatic carbocycles. The maximum absolute atomic E-state index is 5.96. The molecule has 0 aromatic heterocycles. The Morgan fingerprint density at radius 2 is 1.80 bits per heavy atom. The number of nitrogens with two attached hydrogens (primary N) is 1. The van der Waals surface area contributed by atoms with Crippen LogP contribution in [0.15, 0.2) is 28.7 Å². The number of nitrogens with zero attached hydrogens (tertiary/aromatic N) is 1. The average Bonchev–Trinajstić information content (AvgIpc) is 2.05. The topological polar surface area (TPSA) is 29.3 Å². The quantitative estimate of drug-likeness (QED) is 0.912. The zero-order chi connectivity index (χ0) is 11.5. The highest BCUT2D eigenvalue weighted by Crippen LogP contribution is 2.12. The Balaban J connectivity index is 2.51. The standard InChI is InChI=1S/C12H19BrN2/c1-12(2,14)9-15(3)8-10-4-6-11(13)7-5-10/h4-7H,8-9,14H2,1-3H3. The zero-order valence-corrected chi connectivity index (χ0v) is 11.2. The fraction of sp³-hybridized carbons (Fsp3) is 0.500. The highest BCUT2D eigenvalue weighted by Gasteiger charge is 2.13. The summed E-state index contributed by atoms with van der Waals surface area (Å²) < 4.78 is 1.12. The second-order valence-corrected chi connectivity index (χ2v) is 5.70. The molecule has 2 nitrogen and oxygen atoms in total. The van der Waals surface area contributed by atoms with Gasteiger partial charge in [0.15, 0.2) is 0 Å². The van der Waals surface area contributed by atoms with Crippen LogP contribution in [0.1, 0.15) is 19.4 Å². The van der Waals surface area contributed by atoms with Crippen LogP contribution in [-0.2, 0) is 6.54 Å². The molecule has 0 unspecified atom stereocenters. The van der Waals surface area contributed by atoms with E-state index >= 15 is 0 Å². The molecule has 1 aromatic carbocycles. The Morgan fingerprint density at radius 3 is 2.27 bits per heavy atom. The van der Waals surface area contributed by atoms with Crippen LogP contribution < -0.4 is 5.73 Å². The molecule has 0 heterocycles. The van der Waals surface area contributed by atoms with Crippen molar-refractivity contribution in [1.82, 2.24) is 4.90 Å². The lowest BCUT2D eigenvalue weighted by Crippen LogP contribution is -2.43. The van der Waals surface area contributed by atoms with E-state index in [4.69, 9.17) is 5.73 Å². The molecule has 84 valence electrons. The first kappa shape index (κ1) is 12.7. The predicted octanol–water partition coefficient (Wildman–Crippen LogP) is 2.62. The first-order valence-electron chi connectivity index (χ1n) is 5.09. The molecule has 0 amide bonds. The maximum atomic E-state index is 5.96. The van der Waals surface area contributed by atoms with Crippen LogP contribution in [0.4, 0.5) is 0 Å². The molecule has 1 rings (SSSR count). The van der Waals surface area contributed by atoms with Gasteiger partial charge >= 0.3 is 0 Å². The van der Waals surface area contributed by atoms with E-state index in [0.717, 1.165) is 17.6 Å². The van der Waals surface area contributed by atoms with Crippen molar-refractivity contribution in [3.63, 3.8) is 0 Å². The first-order chi connectivity index (χ1) is 6.87. The first-order valence-corrected chi connectivity index (χ1v) is 5.88. The monoisotopic (exact) mass is 270 g/mol. The minimum absolute atomic E-state index is 0.135.